The molecule has 0 fully saturated rings. The van der Waals surface area contributed by atoms with Gasteiger partial charge in [-0.1, -0.05) is 54.6 Å². The van der Waals surface area contributed by atoms with Crippen molar-refractivity contribution in [1.82, 2.24) is 4.98 Å². The van der Waals surface area contributed by atoms with E-state index < -0.39 is 5.91 Å². The molecule has 4 aromatic rings. The van der Waals surface area contributed by atoms with Crippen LogP contribution in [0.2, 0.25) is 0 Å². The average Bonchev–Trinajstić information content (AvgIpc) is 3.41. The summed E-state index contributed by atoms with van der Waals surface area (Å²) in [6.07, 6.45) is 1.51. The van der Waals surface area contributed by atoms with E-state index in [4.69, 9.17) is 14.2 Å². The standard InChI is InChI=1S/C31H29N3O4S/c1-4-36-28-18-23(13-14-27(28)37-15-16-38-29-21(2)9-8-10-22(29)3)17-25(19-32)30(35)34-31-33-26(20-39-31)24-11-6-5-7-12-24/h5-14,17-18,20H,4,15-16H2,1-3H3,(H,33,34,35)/b25-17-. The van der Waals surface area contributed by atoms with Gasteiger partial charge in [0.05, 0.1) is 12.3 Å². The largest absolute Gasteiger partial charge is 0.490 e. The number of nitriles is 1. The van der Waals surface area contributed by atoms with Crippen molar-refractivity contribution in [2.24, 2.45) is 0 Å². The molecule has 1 amide bonds. The van der Waals surface area contributed by atoms with Crippen LogP contribution in [0.1, 0.15) is 23.6 Å². The van der Waals surface area contributed by atoms with Crippen molar-refractivity contribution in [3.05, 3.63) is 94.4 Å². The summed E-state index contributed by atoms with van der Waals surface area (Å²) in [6, 6.07) is 23.0. The normalized spacial score (nSPS) is 11.0. The van der Waals surface area contributed by atoms with Crippen LogP contribution >= 0.6 is 11.3 Å². The molecule has 0 aliphatic rings. The lowest BCUT2D eigenvalue weighted by molar-refractivity contribution is -0.112. The molecule has 7 nitrogen and oxygen atoms in total. The van der Waals surface area contributed by atoms with Gasteiger partial charge in [0, 0.05) is 10.9 Å². The summed E-state index contributed by atoms with van der Waals surface area (Å²) < 4.78 is 17.6. The van der Waals surface area contributed by atoms with E-state index in [1.165, 1.54) is 17.4 Å². The topological polar surface area (TPSA) is 93.5 Å². The highest BCUT2D eigenvalue weighted by molar-refractivity contribution is 7.14. The van der Waals surface area contributed by atoms with Crippen LogP contribution in [0, 0.1) is 25.2 Å². The first-order valence-electron chi connectivity index (χ1n) is 12.5. The summed E-state index contributed by atoms with van der Waals surface area (Å²) in [4.78, 5) is 17.3. The molecule has 3 aromatic carbocycles. The van der Waals surface area contributed by atoms with Gasteiger partial charge in [-0.2, -0.15) is 5.26 Å². The summed E-state index contributed by atoms with van der Waals surface area (Å²) in [7, 11) is 0. The summed E-state index contributed by atoms with van der Waals surface area (Å²) in [5, 5.41) is 14.7. The minimum absolute atomic E-state index is 0.0513. The molecule has 0 aliphatic carbocycles. The quantitative estimate of drug-likeness (QED) is 0.128. The molecule has 4 rings (SSSR count). The number of amides is 1. The van der Waals surface area contributed by atoms with Crippen molar-refractivity contribution in [3.63, 3.8) is 0 Å². The van der Waals surface area contributed by atoms with Gasteiger partial charge in [0.1, 0.15) is 30.6 Å². The van der Waals surface area contributed by atoms with Crippen molar-refractivity contribution < 1.29 is 19.0 Å². The Bertz CT molecular complexity index is 1490. The van der Waals surface area contributed by atoms with E-state index in [2.05, 4.69) is 10.3 Å². The second kappa shape index (κ2) is 13.3. The van der Waals surface area contributed by atoms with Crippen LogP contribution in [0.5, 0.6) is 17.2 Å². The van der Waals surface area contributed by atoms with E-state index >= 15 is 0 Å². The number of ether oxygens (including phenoxy) is 3. The van der Waals surface area contributed by atoms with E-state index in [0.717, 1.165) is 28.1 Å². The second-order valence-corrected chi connectivity index (χ2v) is 9.44. The van der Waals surface area contributed by atoms with Crippen molar-refractivity contribution in [3.8, 4) is 34.6 Å². The summed E-state index contributed by atoms with van der Waals surface area (Å²) >= 11 is 1.30. The lowest BCUT2D eigenvalue weighted by atomic mass is 10.1. The highest BCUT2D eigenvalue weighted by atomic mass is 32.1. The van der Waals surface area contributed by atoms with E-state index in [1.54, 1.807) is 18.2 Å². The third-order valence-corrected chi connectivity index (χ3v) is 6.49. The number of carbonyl (C=O) groups is 1. The van der Waals surface area contributed by atoms with Gasteiger partial charge in [-0.15, -0.1) is 11.3 Å². The smallest absolute Gasteiger partial charge is 0.268 e. The van der Waals surface area contributed by atoms with Crippen molar-refractivity contribution in [2.45, 2.75) is 20.8 Å². The molecule has 0 atom stereocenters. The van der Waals surface area contributed by atoms with E-state index in [-0.39, 0.29) is 5.57 Å². The number of nitrogens with one attached hydrogen (secondary N) is 1. The van der Waals surface area contributed by atoms with E-state index in [1.807, 2.05) is 80.8 Å². The van der Waals surface area contributed by atoms with Gasteiger partial charge in [0.25, 0.3) is 5.91 Å². The molecule has 0 spiro atoms. The lowest BCUT2D eigenvalue weighted by Gasteiger charge is -2.15. The first-order valence-corrected chi connectivity index (χ1v) is 13.4. The Morgan fingerprint density at radius 2 is 1.72 bits per heavy atom. The van der Waals surface area contributed by atoms with Gasteiger partial charge in [-0.25, -0.2) is 4.98 Å². The molecule has 0 bridgehead atoms. The zero-order valence-electron chi connectivity index (χ0n) is 22.1. The van der Waals surface area contributed by atoms with E-state index in [9.17, 15) is 10.1 Å². The van der Waals surface area contributed by atoms with Crippen molar-refractivity contribution in [1.29, 1.82) is 5.26 Å². The molecule has 0 saturated heterocycles. The molecule has 8 heteroatoms. The molecule has 39 heavy (non-hydrogen) atoms. The maximum Gasteiger partial charge on any atom is 0.268 e. The number of carbonyl (C=O) groups excluding carboxylic acids is 1. The minimum atomic E-state index is -0.534. The number of rotatable bonds is 11. The number of aryl methyl sites for hydroxylation is 2. The molecule has 0 saturated carbocycles. The number of nitrogens with zero attached hydrogens (tertiary/aromatic N) is 2. The van der Waals surface area contributed by atoms with Crippen LogP contribution in [-0.4, -0.2) is 30.7 Å². The molecule has 0 radical (unpaired) electrons. The zero-order valence-corrected chi connectivity index (χ0v) is 22.9. The van der Waals surface area contributed by atoms with Gasteiger partial charge in [0.2, 0.25) is 0 Å². The predicted molar refractivity (Wildman–Crippen MR) is 154 cm³/mol. The van der Waals surface area contributed by atoms with Gasteiger partial charge in [-0.3, -0.25) is 10.1 Å². The molecular weight excluding hydrogens is 510 g/mol. The number of para-hydroxylation sites is 1. The van der Waals surface area contributed by atoms with Crippen molar-refractivity contribution in [2.75, 3.05) is 25.1 Å². The fourth-order valence-corrected chi connectivity index (χ4v) is 4.59. The maximum absolute atomic E-state index is 12.8. The molecule has 1 aromatic heterocycles. The Morgan fingerprint density at radius 3 is 2.44 bits per heavy atom. The highest BCUT2D eigenvalue weighted by Gasteiger charge is 2.14. The Balaban J connectivity index is 1.41. The summed E-state index contributed by atoms with van der Waals surface area (Å²) in [6.45, 7) is 7.03. The first-order chi connectivity index (χ1) is 19.0. The Labute approximate surface area is 232 Å². The van der Waals surface area contributed by atoms with Gasteiger partial charge >= 0.3 is 0 Å². The number of hydrogen-bond acceptors (Lipinski definition) is 7. The molecule has 1 heterocycles. The van der Waals surface area contributed by atoms with Crippen LogP contribution in [0.15, 0.2) is 77.7 Å². The summed E-state index contributed by atoms with van der Waals surface area (Å²) in [5.74, 6) is 1.40. The molecule has 1 N–H and O–H groups in total. The van der Waals surface area contributed by atoms with Crippen LogP contribution in [0.3, 0.4) is 0 Å². The van der Waals surface area contributed by atoms with Gasteiger partial charge < -0.3 is 14.2 Å². The fraction of sp³-hybridized carbons (Fsp3) is 0.194. The zero-order chi connectivity index (χ0) is 27.6. The monoisotopic (exact) mass is 539 g/mol. The second-order valence-electron chi connectivity index (χ2n) is 8.58. The molecular formula is C31H29N3O4S. The van der Waals surface area contributed by atoms with Crippen LogP contribution in [-0.2, 0) is 4.79 Å². The predicted octanol–water partition coefficient (Wildman–Crippen LogP) is 6.83. The maximum atomic E-state index is 12.8. The number of benzene rings is 3. The molecule has 198 valence electrons. The molecule has 0 aliphatic heterocycles. The number of thiazole rings is 1. The SMILES string of the molecule is CCOc1cc(/C=C(/C#N)C(=O)Nc2nc(-c3ccccc3)cs2)ccc1OCCOc1c(C)cccc1C. The highest BCUT2D eigenvalue weighted by Crippen LogP contribution is 2.30. The summed E-state index contributed by atoms with van der Waals surface area (Å²) in [5.41, 5.74) is 4.44. The number of anilines is 1. The van der Waals surface area contributed by atoms with Gasteiger partial charge in [0.15, 0.2) is 16.6 Å². The lowest BCUT2D eigenvalue weighted by Crippen LogP contribution is -2.13. The first kappa shape index (κ1) is 27.4. The van der Waals surface area contributed by atoms with Crippen molar-refractivity contribution >= 4 is 28.5 Å². The Morgan fingerprint density at radius 1 is 0.974 bits per heavy atom. The Kier molecular flexibility index (Phi) is 9.33. The van der Waals surface area contributed by atoms with Gasteiger partial charge in [-0.05, 0) is 55.7 Å². The third-order valence-electron chi connectivity index (χ3n) is 5.73. The van der Waals surface area contributed by atoms with Crippen LogP contribution in [0.25, 0.3) is 17.3 Å². The third kappa shape index (κ3) is 7.24. The average molecular weight is 540 g/mol. The minimum Gasteiger partial charge on any atom is -0.490 e. The van der Waals surface area contributed by atoms with Crippen LogP contribution < -0.4 is 19.5 Å². The van der Waals surface area contributed by atoms with Crippen LogP contribution in [0.4, 0.5) is 5.13 Å². The number of aromatic nitrogens is 1. The number of hydrogen-bond donors (Lipinski definition) is 1. The Hall–Kier alpha value is -4.61. The fourth-order valence-electron chi connectivity index (χ4n) is 3.88. The molecule has 0 unspecified atom stereocenters. The van der Waals surface area contributed by atoms with E-state index in [0.29, 0.717) is 42.0 Å².